The van der Waals surface area contributed by atoms with Gasteiger partial charge in [-0.15, -0.1) is 0 Å². The first kappa shape index (κ1) is 17.3. The van der Waals surface area contributed by atoms with Crippen molar-refractivity contribution >= 4 is 17.3 Å². The molecule has 0 aliphatic rings. The fourth-order valence-corrected chi connectivity index (χ4v) is 2.07. The van der Waals surface area contributed by atoms with Gasteiger partial charge in [-0.2, -0.15) is 13.9 Å². The van der Waals surface area contributed by atoms with Crippen molar-refractivity contribution in [3.8, 4) is 5.75 Å². The van der Waals surface area contributed by atoms with Crippen LogP contribution in [-0.2, 0) is 4.79 Å². The van der Waals surface area contributed by atoms with Gasteiger partial charge in [0.15, 0.2) is 0 Å². The van der Waals surface area contributed by atoms with Crippen LogP contribution in [0, 0.1) is 10.1 Å². The summed E-state index contributed by atoms with van der Waals surface area (Å²) < 4.78 is 30.3. The molecular formula is C14H14F2N4O4. The zero-order valence-electron chi connectivity index (χ0n) is 12.6. The Morgan fingerprint density at radius 1 is 1.46 bits per heavy atom. The van der Waals surface area contributed by atoms with E-state index < -0.39 is 23.5 Å². The van der Waals surface area contributed by atoms with Crippen molar-refractivity contribution in [3.63, 3.8) is 0 Å². The van der Waals surface area contributed by atoms with Crippen molar-refractivity contribution in [1.82, 2.24) is 9.78 Å². The summed E-state index contributed by atoms with van der Waals surface area (Å²) in [6.45, 7) is -1.34. The number of carbonyl (C=O) groups is 1. The Balaban J connectivity index is 2.19. The highest BCUT2D eigenvalue weighted by Gasteiger charge is 2.23. The highest BCUT2D eigenvalue weighted by atomic mass is 19.3. The summed E-state index contributed by atoms with van der Waals surface area (Å²) >= 11 is 0. The van der Waals surface area contributed by atoms with Gasteiger partial charge in [-0.3, -0.25) is 19.6 Å². The van der Waals surface area contributed by atoms with Crippen molar-refractivity contribution in [2.24, 2.45) is 0 Å². The van der Waals surface area contributed by atoms with Crippen LogP contribution in [0.15, 0.2) is 36.7 Å². The second kappa shape index (κ2) is 7.49. The van der Waals surface area contributed by atoms with Gasteiger partial charge in [-0.05, 0) is 18.6 Å². The predicted molar refractivity (Wildman–Crippen MR) is 79.9 cm³/mol. The van der Waals surface area contributed by atoms with Crippen LogP contribution < -0.4 is 10.1 Å². The molecule has 1 amide bonds. The number of carbonyl (C=O) groups excluding carboxylic acids is 1. The molecule has 1 aromatic heterocycles. The quantitative estimate of drug-likeness (QED) is 0.617. The number of benzene rings is 1. The summed E-state index contributed by atoms with van der Waals surface area (Å²) in [5.74, 6) is -0.733. The molecule has 0 saturated carbocycles. The van der Waals surface area contributed by atoms with E-state index in [1.165, 1.54) is 18.2 Å². The third kappa shape index (κ3) is 4.03. The van der Waals surface area contributed by atoms with Crippen molar-refractivity contribution in [2.45, 2.75) is 26.0 Å². The van der Waals surface area contributed by atoms with Gasteiger partial charge >= 0.3 is 12.3 Å². The summed E-state index contributed by atoms with van der Waals surface area (Å²) in [7, 11) is 0. The molecule has 24 heavy (non-hydrogen) atoms. The molecule has 2 aromatic rings. The van der Waals surface area contributed by atoms with E-state index in [1.54, 1.807) is 13.0 Å². The molecule has 1 aromatic carbocycles. The lowest BCUT2D eigenvalue weighted by molar-refractivity contribution is -0.385. The van der Waals surface area contributed by atoms with E-state index in [1.807, 2.05) is 0 Å². The number of nitro groups is 1. The Morgan fingerprint density at radius 2 is 2.17 bits per heavy atom. The maximum Gasteiger partial charge on any atom is 0.387 e. The number of halogens is 2. The molecule has 1 atom stereocenters. The van der Waals surface area contributed by atoms with E-state index in [9.17, 15) is 23.7 Å². The minimum absolute atomic E-state index is 0.0721. The van der Waals surface area contributed by atoms with Gasteiger partial charge in [0, 0.05) is 0 Å². The molecule has 1 N–H and O–H groups in total. The standard InChI is InChI=1S/C14H14F2N4O4/c1-2-11(19-8-9(7-17-19)20(22)23)13(21)18-10-5-3-4-6-12(10)24-14(15)16/h3-8,11,14H,2H2,1H3,(H,18,21). The predicted octanol–water partition coefficient (Wildman–Crippen LogP) is 2.98. The van der Waals surface area contributed by atoms with E-state index in [0.717, 1.165) is 17.1 Å². The Labute approximate surface area is 135 Å². The van der Waals surface area contributed by atoms with Crippen LogP contribution in [0.1, 0.15) is 19.4 Å². The molecule has 2 rings (SSSR count). The molecule has 0 spiro atoms. The van der Waals surface area contributed by atoms with Crippen molar-refractivity contribution in [3.05, 3.63) is 46.8 Å². The number of para-hydroxylation sites is 2. The zero-order chi connectivity index (χ0) is 17.7. The Bertz CT molecular complexity index is 735. The number of hydrogen-bond donors (Lipinski definition) is 1. The number of amides is 1. The molecule has 0 radical (unpaired) electrons. The van der Waals surface area contributed by atoms with E-state index in [4.69, 9.17) is 0 Å². The van der Waals surface area contributed by atoms with E-state index in [2.05, 4.69) is 15.2 Å². The largest absolute Gasteiger partial charge is 0.433 e. The first-order valence-corrected chi connectivity index (χ1v) is 6.95. The summed E-state index contributed by atoms with van der Waals surface area (Å²) in [5.41, 5.74) is -0.175. The lowest BCUT2D eigenvalue weighted by Gasteiger charge is -2.17. The molecule has 1 heterocycles. The van der Waals surface area contributed by atoms with E-state index in [-0.39, 0.29) is 17.1 Å². The Kier molecular flexibility index (Phi) is 5.40. The average Bonchev–Trinajstić information content (AvgIpc) is 2.99. The summed E-state index contributed by atoms with van der Waals surface area (Å²) in [6.07, 6.45) is 2.46. The number of nitrogens with zero attached hydrogens (tertiary/aromatic N) is 3. The van der Waals surface area contributed by atoms with Gasteiger partial charge in [-0.25, -0.2) is 0 Å². The molecule has 8 nitrogen and oxygen atoms in total. The Hall–Kier alpha value is -3.04. The lowest BCUT2D eigenvalue weighted by Crippen LogP contribution is -2.26. The SMILES string of the molecule is CCC(C(=O)Nc1ccccc1OC(F)F)n1cc([N+](=O)[O-])cn1. The molecule has 1 unspecified atom stereocenters. The molecule has 0 fully saturated rings. The first-order chi connectivity index (χ1) is 11.4. The van der Waals surface area contributed by atoms with Gasteiger partial charge in [0.25, 0.3) is 0 Å². The first-order valence-electron chi connectivity index (χ1n) is 6.95. The van der Waals surface area contributed by atoms with Crippen molar-refractivity contribution < 1.29 is 23.2 Å². The summed E-state index contributed by atoms with van der Waals surface area (Å²) in [4.78, 5) is 22.4. The number of ether oxygens (including phenoxy) is 1. The summed E-state index contributed by atoms with van der Waals surface area (Å²) in [6, 6.07) is 4.91. The fourth-order valence-electron chi connectivity index (χ4n) is 2.07. The average molecular weight is 340 g/mol. The third-order valence-corrected chi connectivity index (χ3v) is 3.17. The molecular weight excluding hydrogens is 326 g/mol. The van der Waals surface area contributed by atoms with Gasteiger partial charge < -0.3 is 10.1 Å². The molecule has 128 valence electrons. The molecule has 10 heteroatoms. The van der Waals surface area contributed by atoms with Crippen LogP contribution in [0.25, 0.3) is 0 Å². The number of anilines is 1. The number of alkyl halides is 2. The van der Waals surface area contributed by atoms with Crippen LogP contribution >= 0.6 is 0 Å². The third-order valence-electron chi connectivity index (χ3n) is 3.17. The molecule has 0 aliphatic carbocycles. The number of rotatable bonds is 7. The molecule has 0 saturated heterocycles. The van der Waals surface area contributed by atoms with Crippen LogP contribution in [0.5, 0.6) is 5.75 Å². The highest BCUT2D eigenvalue weighted by molar-refractivity contribution is 5.95. The van der Waals surface area contributed by atoms with E-state index in [0.29, 0.717) is 6.42 Å². The second-order valence-corrected chi connectivity index (χ2v) is 4.72. The Morgan fingerprint density at radius 3 is 2.75 bits per heavy atom. The van der Waals surface area contributed by atoms with Gasteiger partial charge in [0.05, 0.1) is 10.6 Å². The number of aromatic nitrogens is 2. The van der Waals surface area contributed by atoms with Crippen LogP contribution in [0.4, 0.5) is 20.2 Å². The summed E-state index contributed by atoms with van der Waals surface area (Å²) in [5, 5.41) is 17.0. The number of nitrogens with one attached hydrogen (secondary N) is 1. The lowest BCUT2D eigenvalue weighted by atomic mass is 10.2. The van der Waals surface area contributed by atoms with Crippen LogP contribution in [-0.4, -0.2) is 27.2 Å². The van der Waals surface area contributed by atoms with Gasteiger partial charge in [0.1, 0.15) is 24.2 Å². The van der Waals surface area contributed by atoms with E-state index >= 15 is 0 Å². The smallest absolute Gasteiger partial charge is 0.387 e. The van der Waals surface area contributed by atoms with Gasteiger partial charge in [0.2, 0.25) is 5.91 Å². The minimum atomic E-state index is -3.03. The highest BCUT2D eigenvalue weighted by Crippen LogP contribution is 2.27. The monoisotopic (exact) mass is 340 g/mol. The number of hydrogen-bond acceptors (Lipinski definition) is 5. The van der Waals surface area contributed by atoms with Crippen LogP contribution in [0.3, 0.4) is 0 Å². The normalized spacial score (nSPS) is 12.0. The topological polar surface area (TPSA) is 99.3 Å². The molecule has 0 bridgehead atoms. The van der Waals surface area contributed by atoms with Crippen molar-refractivity contribution in [1.29, 1.82) is 0 Å². The molecule has 0 aliphatic heterocycles. The fraction of sp³-hybridized carbons (Fsp3) is 0.286. The van der Waals surface area contributed by atoms with Crippen LogP contribution in [0.2, 0.25) is 0 Å². The van der Waals surface area contributed by atoms with Gasteiger partial charge in [-0.1, -0.05) is 19.1 Å². The maximum absolute atomic E-state index is 12.4. The van der Waals surface area contributed by atoms with Crippen molar-refractivity contribution in [2.75, 3.05) is 5.32 Å². The second-order valence-electron chi connectivity index (χ2n) is 4.72. The zero-order valence-corrected chi connectivity index (χ0v) is 12.6. The minimum Gasteiger partial charge on any atom is -0.433 e. The maximum atomic E-state index is 12.4.